The third-order valence-corrected chi connectivity index (χ3v) is 3.62. The first-order valence-corrected chi connectivity index (χ1v) is 6.09. The van der Waals surface area contributed by atoms with E-state index in [2.05, 4.69) is 9.97 Å². The van der Waals surface area contributed by atoms with Crippen molar-refractivity contribution in [3.8, 4) is 0 Å². The second-order valence-corrected chi connectivity index (χ2v) is 4.84. The van der Waals surface area contributed by atoms with Crippen LogP contribution in [0.25, 0.3) is 0 Å². The molecule has 1 aliphatic rings. The van der Waals surface area contributed by atoms with Crippen LogP contribution in [-0.2, 0) is 0 Å². The topological polar surface area (TPSA) is 51.8 Å². The summed E-state index contributed by atoms with van der Waals surface area (Å²) < 4.78 is 0. The third-order valence-electron chi connectivity index (χ3n) is 2.46. The van der Waals surface area contributed by atoms with Crippen LogP contribution in [0.3, 0.4) is 0 Å². The van der Waals surface area contributed by atoms with Crippen molar-refractivity contribution in [2.45, 2.75) is 25.3 Å². The van der Waals surface area contributed by atoms with Crippen LogP contribution in [0.2, 0.25) is 0 Å². The Bertz CT molecular complexity index is 308. The van der Waals surface area contributed by atoms with Crippen LogP contribution in [0.4, 0.5) is 0 Å². The van der Waals surface area contributed by atoms with Gasteiger partial charge in [0.15, 0.2) is 0 Å². The van der Waals surface area contributed by atoms with E-state index in [4.69, 9.17) is 5.73 Å². The van der Waals surface area contributed by atoms with Crippen LogP contribution in [0, 0.1) is 0 Å². The lowest BCUT2D eigenvalue weighted by Gasteiger charge is -2.09. The van der Waals surface area contributed by atoms with Gasteiger partial charge in [0.25, 0.3) is 0 Å². The highest BCUT2D eigenvalue weighted by atomic mass is 32.2. The fourth-order valence-corrected chi connectivity index (χ4v) is 2.79. The lowest BCUT2D eigenvalue weighted by molar-refractivity contribution is 0.684. The standard InChI is InChI=1S/C10H15N3S/c1-7(11)9-2-4-12-10(13-9)8-3-5-14-6-8/h2,4,7-8H,3,5-6,11H2,1H3. The maximum atomic E-state index is 5.79. The molecule has 0 spiro atoms. The maximum absolute atomic E-state index is 5.79. The Labute approximate surface area is 88.5 Å². The highest BCUT2D eigenvalue weighted by molar-refractivity contribution is 7.99. The van der Waals surface area contributed by atoms with E-state index in [1.54, 1.807) is 0 Å². The lowest BCUT2D eigenvalue weighted by Crippen LogP contribution is -2.11. The van der Waals surface area contributed by atoms with Gasteiger partial charge < -0.3 is 5.73 Å². The van der Waals surface area contributed by atoms with E-state index >= 15 is 0 Å². The molecule has 1 saturated heterocycles. The van der Waals surface area contributed by atoms with Crippen molar-refractivity contribution in [1.82, 2.24) is 9.97 Å². The van der Waals surface area contributed by atoms with Gasteiger partial charge in [0.05, 0.1) is 5.69 Å². The summed E-state index contributed by atoms with van der Waals surface area (Å²) in [4.78, 5) is 8.83. The molecule has 76 valence electrons. The maximum Gasteiger partial charge on any atom is 0.132 e. The van der Waals surface area contributed by atoms with Gasteiger partial charge in [-0.05, 0) is 25.2 Å². The van der Waals surface area contributed by atoms with Crippen LogP contribution >= 0.6 is 11.8 Å². The summed E-state index contributed by atoms with van der Waals surface area (Å²) in [6.45, 7) is 1.95. The Morgan fingerprint density at radius 3 is 3.14 bits per heavy atom. The summed E-state index contributed by atoms with van der Waals surface area (Å²) in [5.41, 5.74) is 6.74. The molecule has 3 nitrogen and oxygen atoms in total. The van der Waals surface area contributed by atoms with Crippen LogP contribution in [0.1, 0.15) is 36.8 Å². The minimum absolute atomic E-state index is 0.00538. The van der Waals surface area contributed by atoms with Crippen molar-refractivity contribution in [2.75, 3.05) is 11.5 Å². The SMILES string of the molecule is CC(N)c1ccnc(C2CCSC2)n1. The zero-order chi connectivity index (χ0) is 9.97. The summed E-state index contributed by atoms with van der Waals surface area (Å²) >= 11 is 1.98. The molecule has 4 heteroatoms. The number of hydrogen-bond acceptors (Lipinski definition) is 4. The first-order chi connectivity index (χ1) is 6.77. The number of nitrogens with two attached hydrogens (primary N) is 1. The molecular weight excluding hydrogens is 194 g/mol. The molecule has 1 fully saturated rings. The third kappa shape index (κ3) is 2.07. The zero-order valence-electron chi connectivity index (χ0n) is 8.31. The molecule has 1 aromatic rings. The van der Waals surface area contributed by atoms with E-state index in [1.165, 1.54) is 12.2 Å². The molecule has 2 atom stereocenters. The van der Waals surface area contributed by atoms with Crippen LogP contribution in [0.15, 0.2) is 12.3 Å². The number of nitrogens with zero attached hydrogens (tertiary/aromatic N) is 2. The summed E-state index contributed by atoms with van der Waals surface area (Å²) in [5, 5.41) is 0. The van der Waals surface area contributed by atoms with E-state index < -0.39 is 0 Å². The van der Waals surface area contributed by atoms with Crippen molar-refractivity contribution < 1.29 is 0 Å². The van der Waals surface area contributed by atoms with E-state index in [1.807, 2.05) is 30.9 Å². The summed E-state index contributed by atoms with van der Waals surface area (Å²) in [7, 11) is 0. The van der Waals surface area contributed by atoms with Crippen LogP contribution in [-0.4, -0.2) is 21.5 Å². The predicted molar refractivity (Wildman–Crippen MR) is 59.3 cm³/mol. The molecule has 0 aliphatic carbocycles. The monoisotopic (exact) mass is 209 g/mol. The van der Waals surface area contributed by atoms with Crippen molar-refractivity contribution in [3.63, 3.8) is 0 Å². The number of hydrogen-bond donors (Lipinski definition) is 1. The molecule has 0 bridgehead atoms. The Kier molecular flexibility index (Phi) is 3.03. The smallest absolute Gasteiger partial charge is 0.132 e. The molecule has 0 amide bonds. The van der Waals surface area contributed by atoms with E-state index in [9.17, 15) is 0 Å². The lowest BCUT2D eigenvalue weighted by atomic mass is 10.1. The molecule has 1 aromatic heterocycles. The Morgan fingerprint density at radius 2 is 2.50 bits per heavy atom. The van der Waals surface area contributed by atoms with Gasteiger partial charge in [-0.15, -0.1) is 0 Å². The molecule has 2 rings (SSSR count). The Hall–Kier alpha value is -0.610. The molecule has 2 unspecified atom stereocenters. The van der Waals surface area contributed by atoms with Gasteiger partial charge in [0, 0.05) is 23.9 Å². The highest BCUT2D eigenvalue weighted by Gasteiger charge is 2.20. The van der Waals surface area contributed by atoms with Gasteiger partial charge in [-0.2, -0.15) is 11.8 Å². The predicted octanol–water partition coefficient (Wildman–Crippen LogP) is 1.72. The van der Waals surface area contributed by atoms with E-state index in [0.29, 0.717) is 5.92 Å². The molecular formula is C10H15N3S. The summed E-state index contributed by atoms with van der Waals surface area (Å²) in [6, 6.07) is 1.90. The average molecular weight is 209 g/mol. The fraction of sp³-hybridized carbons (Fsp3) is 0.600. The van der Waals surface area contributed by atoms with Crippen molar-refractivity contribution in [3.05, 3.63) is 23.8 Å². The Morgan fingerprint density at radius 1 is 1.64 bits per heavy atom. The zero-order valence-corrected chi connectivity index (χ0v) is 9.13. The van der Waals surface area contributed by atoms with Gasteiger partial charge in [0.2, 0.25) is 0 Å². The molecule has 0 saturated carbocycles. The Balaban J connectivity index is 2.21. The molecule has 0 radical (unpaired) electrons. The van der Waals surface area contributed by atoms with Gasteiger partial charge in [0.1, 0.15) is 5.82 Å². The summed E-state index contributed by atoms with van der Waals surface area (Å²) in [6.07, 6.45) is 3.02. The average Bonchev–Trinajstić information content (AvgIpc) is 2.71. The van der Waals surface area contributed by atoms with Crippen molar-refractivity contribution in [2.24, 2.45) is 5.73 Å². The first-order valence-electron chi connectivity index (χ1n) is 4.93. The van der Waals surface area contributed by atoms with Crippen LogP contribution in [0.5, 0.6) is 0 Å². The largest absolute Gasteiger partial charge is 0.323 e. The second-order valence-electron chi connectivity index (χ2n) is 3.69. The summed E-state index contributed by atoms with van der Waals surface area (Å²) in [5.74, 6) is 3.90. The van der Waals surface area contributed by atoms with Crippen LogP contribution < -0.4 is 5.73 Å². The molecule has 1 aliphatic heterocycles. The molecule has 2 N–H and O–H groups in total. The number of rotatable bonds is 2. The normalized spacial score (nSPS) is 23.7. The van der Waals surface area contributed by atoms with Crippen molar-refractivity contribution in [1.29, 1.82) is 0 Å². The molecule has 0 aromatic carbocycles. The molecule has 2 heterocycles. The quantitative estimate of drug-likeness (QED) is 0.805. The number of thioether (sulfide) groups is 1. The minimum Gasteiger partial charge on any atom is -0.323 e. The fourth-order valence-electron chi connectivity index (χ4n) is 1.58. The second kappa shape index (κ2) is 4.28. The molecule has 14 heavy (non-hydrogen) atoms. The highest BCUT2D eigenvalue weighted by Crippen LogP contribution is 2.30. The van der Waals surface area contributed by atoms with Crippen molar-refractivity contribution >= 4 is 11.8 Å². The first kappa shape index (κ1) is 9.93. The van der Waals surface area contributed by atoms with E-state index in [-0.39, 0.29) is 6.04 Å². The minimum atomic E-state index is 0.00538. The van der Waals surface area contributed by atoms with E-state index in [0.717, 1.165) is 17.3 Å². The van der Waals surface area contributed by atoms with Gasteiger partial charge in [-0.25, -0.2) is 9.97 Å². The number of aromatic nitrogens is 2. The van der Waals surface area contributed by atoms with Gasteiger partial charge in [-0.1, -0.05) is 0 Å². The van der Waals surface area contributed by atoms with Gasteiger partial charge >= 0.3 is 0 Å². The van der Waals surface area contributed by atoms with Gasteiger partial charge in [-0.3, -0.25) is 0 Å².